The summed E-state index contributed by atoms with van der Waals surface area (Å²) < 4.78 is 0. The van der Waals surface area contributed by atoms with Crippen LogP contribution >= 0.6 is 0 Å². The number of hydrogen-bond donors (Lipinski definition) is 2. The fourth-order valence-electron chi connectivity index (χ4n) is 3.02. The van der Waals surface area contributed by atoms with E-state index in [2.05, 4.69) is 40.5 Å². The first-order chi connectivity index (χ1) is 10.3. The summed E-state index contributed by atoms with van der Waals surface area (Å²) in [6.45, 7) is 5.24. The van der Waals surface area contributed by atoms with Gasteiger partial charge in [0.05, 0.1) is 5.52 Å². The highest BCUT2D eigenvalue weighted by Gasteiger charge is 2.19. The van der Waals surface area contributed by atoms with Gasteiger partial charge in [-0.1, -0.05) is 19.1 Å². The molecule has 0 saturated heterocycles. The summed E-state index contributed by atoms with van der Waals surface area (Å²) in [7, 11) is 0. The maximum absolute atomic E-state index is 4.67. The molecule has 1 aromatic heterocycles. The third-order valence-electron chi connectivity index (χ3n) is 4.29. The Balaban J connectivity index is 1.88. The fourth-order valence-corrected chi connectivity index (χ4v) is 3.02. The fraction of sp³-hybridized carbons (Fsp3) is 0.529. The van der Waals surface area contributed by atoms with Crippen LogP contribution in [0.2, 0.25) is 0 Å². The predicted molar refractivity (Wildman–Crippen MR) is 88.7 cm³/mol. The van der Waals surface area contributed by atoms with Crippen molar-refractivity contribution in [1.82, 2.24) is 9.97 Å². The van der Waals surface area contributed by atoms with E-state index in [4.69, 9.17) is 0 Å². The molecule has 0 radical (unpaired) electrons. The first-order valence-electron chi connectivity index (χ1n) is 8.03. The van der Waals surface area contributed by atoms with Gasteiger partial charge >= 0.3 is 0 Å². The molecule has 1 aliphatic rings. The lowest BCUT2D eigenvalue weighted by atomic mass is 9.87. The summed E-state index contributed by atoms with van der Waals surface area (Å²) >= 11 is 0. The Labute approximate surface area is 126 Å². The molecule has 2 N–H and O–H groups in total. The summed E-state index contributed by atoms with van der Waals surface area (Å²) in [5.41, 5.74) is 0.995. The molecular formula is C17H24N4. The number of fused-ring (bicyclic) bond motifs is 1. The van der Waals surface area contributed by atoms with E-state index >= 15 is 0 Å². The first-order valence-corrected chi connectivity index (χ1v) is 8.03. The molecule has 112 valence electrons. The van der Waals surface area contributed by atoms with Crippen molar-refractivity contribution in [2.75, 3.05) is 17.2 Å². The van der Waals surface area contributed by atoms with Crippen molar-refractivity contribution in [1.29, 1.82) is 0 Å². The van der Waals surface area contributed by atoms with Crippen LogP contribution in [-0.4, -0.2) is 22.6 Å². The minimum absolute atomic E-state index is 0.536. The number of rotatable bonds is 4. The largest absolute Gasteiger partial charge is 0.367 e. The van der Waals surface area contributed by atoms with Crippen molar-refractivity contribution >= 4 is 22.7 Å². The van der Waals surface area contributed by atoms with Gasteiger partial charge in [0.2, 0.25) is 5.95 Å². The third kappa shape index (κ3) is 3.26. The van der Waals surface area contributed by atoms with E-state index in [-0.39, 0.29) is 0 Å². The quantitative estimate of drug-likeness (QED) is 0.889. The minimum atomic E-state index is 0.536. The monoisotopic (exact) mass is 284 g/mol. The van der Waals surface area contributed by atoms with Gasteiger partial charge in [-0.05, 0) is 50.7 Å². The van der Waals surface area contributed by atoms with Gasteiger partial charge in [-0.3, -0.25) is 0 Å². The summed E-state index contributed by atoms with van der Waals surface area (Å²) in [6.07, 6.45) is 5.08. The van der Waals surface area contributed by atoms with Gasteiger partial charge in [-0.2, -0.15) is 4.98 Å². The minimum Gasteiger partial charge on any atom is -0.367 e. The Bertz CT molecular complexity index is 603. The second-order valence-corrected chi connectivity index (χ2v) is 6.04. The Hall–Kier alpha value is -1.84. The highest BCUT2D eigenvalue weighted by Crippen LogP contribution is 2.28. The van der Waals surface area contributed by atoms with E-state index < -0.39 is 0 Å². The average molecular weight is 284 g/mol. The molecule has 0 unspecified atom stereocenters. The zero-order valence-corrected chi connectivity index (χ0v) is 12.9. The molecule has 0 aliphatic heterocycles. The highest BCUT2D eigenvalue weighted by molar-refractivity contribution is 5.90. The number of para-hydroxylation sites is 1. The lowest BCUT2D eigenvalue weighted by molar-refractivity contribution is 0.361. The third-order valence-corrected chi connectivity index (χ3v) is 4.29. The van der Waals surface area contributed by atoms with Crippen LogP contribution < -0.4 is 10.6 Å². The van der Waals surface area contributed by atoms with E-state index in [1.165, 1.54) is 25.7 Å². The molecule has 0 amide bonds. The van der Waals surface area contributed by atoms with Gasteiger partial charge in [0.1, 0.15) is 5.82 Å². The zero-order valence-electron chi connectivity index (χ0n) is 12.9. The molecule has 4 nitrogen and oxygen atoms in total. The number of benzene rings is 1. The molecule has 0 atom stereocenters. The van der Waals surface area contributed by atoms with E-state index in [1.807, 2.05) is 18.2 Å². The van der Waals surface area contributed by atoms with Crippen molar-refractivity contribution in [3.05, 3.63) is 24.3 Å². The van der Waals surface area contributed by atoms with Crippen LogP contribution in [-0.2, 0) is 0 Å². The van der Waals surface area contributed by atoms with E-state index in [1.54, 1.807) is 0 Å². The summed E-state index contributed by atoms with van der Waals surface area (Å²) in [4.78, 5) is 9.24. The Morgan fingerprint density at radius 1 is 1.10 bits per heavy atom. The average Bonchev–Trinajstić information content (AvgIpc) is 2.50. The molecule has 4 heteroatoms. The summed E-state index contributed by atoms with van der Waals surface area (Å²) in [5.74, 6) is 2.54. The molecule has 1 saturated carbocycles. The van der Waals surface area contributed by atoms with Crippen molar-refractivity contribution in [3.8, 4) is 0 Å². The standard InChI is InChI=1S/C17H24N4/c1-3-18-17-20-15-7-5-4-6-14(15)16(21-17)19-13-10-8-12(2)9-11-13/h4-7,12-13H,3,8-11H2,1-2H3,(H2,18,19,20,21). The maximum atomic E-state index is 4.67. The van der Waals surface area contributed by atoms with Gasteiger partial charge in [0.25, 0.3) is 0 Å². The Morgan fingerprint density at radius 3 is 2.62 bits per heavy atom. The zero-order chi connectivity index (χ0) is 14.7. The molecule has 0 bridgehead atoms. The first kappa shape index (κ1) is 14.1. The van der Waals surface area contributed by atoms with Gasteiger partial charge in [-0.15, -0.1) is 0 Å². The van der Waals surface area contributed by atoms with Crippen LogP contribution in [0.15, 0.2) is 24.3 Å². The van der Waals surface area contributed by atoms with Crippen LogP contribution in [0.3, 0.4) is 0 Å². The van der Waals surface area contributed by atoms with Crippen molar-refractivity contribution in [2.45, 2.75) is 45.6 Å². The van der Waals surface area contributed by atoms with Gasteiger partial charge in [-0.25, -0.2) is 4.98 Å². The van der Waals surface area contributed by atoms with Crippen LogP contribution in [0, 0.1) is 5.92 Å². The number of aromatic nitrogens is 2. The summed E-state index contributed by atoms with van der Waals surface area (Å²) in [5, 5.41) is 7.98. The predicted octanol–water partition coefficient (Wildman–Crippen LogP) is 4.05. The maximum Gasteiger partial charge on any atom is 0.225 e. The molecule has 1 heterocycles. The van der Waals surface area contributed by atoms with Gasteiger partial charge < -0.3 is 10.6 Å². The molecule has 2 aromatic rings. The van der Waals surface area contributed by atoms with Crippen LogP contribution in [0.4, 0.5) is 11.8 Å². The van der Waals surface area contributed by atoms with Crippen molar-refractivity contribution in [3.63, 3.8) is 0 Å². The molecular weight excluding hydrogens is 260 g/mol. The second-order valence-electron chi connectivity index (χ2n) is 6.04. The van der Waals surface area contributed by atoms with Gasteiger partial charge in [0, 0.05) is 18.0 Å². The SMILES string of the molecule is CCNc1nc(NC2CCC(C)CC2)c2ccccc2n1. The molecule has 1 aromatic carbocycles. The van der Waals surface area contributed by atoms with Crippen molar-refractivity contribution in [2.24, 2.45) is 5.92 Å². The highest BCUT2D eigenvalue weighted by atomic mass is 15.1. The molecule has 3 rings (SSSR count). The Kier molecular flexibility index (Phi) is 4.23. The van der Waals surface area contributed by atoms with E-state index in [9.17, 15) is 0 Å². The topological polar surface area (TPSA) is 49.8 Å². The smallest absolute Gasteiger partial charge is 0.225 e. The van der Waals surface area contributed by atoms with Crippen LogP contribution in [0.25, 0.3) is 10.9 Å². The number of anilines is 2. The second kappa shape index (κ2) is 6.29. The molecule has 1 aliphatic carbocycles. The number of nitrogens with zero attached hydrogens (tertiary/aromatic N) is 2. The molecule has 0 spiro atoms. The van der Waals surface area contributed by atoms with Crippen molar-refractivity contribution < 1.29 is 0 Å². The van der Waals surface area contributed by atoms with E-state index in [0.717, 1.165) is 29.2 Å². The Morgan fingerprint density at radius 2 is 1.86 bits per heavy atom. The van der Waals surface area contributed by atoms with Crippen LogP contribution in [0.5, 0.6) is 0 Å². The van der Waals surface area contributed by atoms with Crippen LogP contribution in [0.1, 0.15) is 39.5 Å². The lowest BCUT2D eigenvalue weighted by Gasteiger charge is -2.27. The summed E-state index contributed by atoms with van der Waals surface area (Å²) in [6, 6.07) is 8.75. The van der Waals surface area contributed by atoms with Gasteiger partial charge in [0.15, 0.2) is 0 Å². The normalized spacial score (nSPS) is 22.2. The number of hydrogen-bond acceptors (Lipinski definition) is 4. The van der Waals surface area contributed by atoms with E-state index in [0.29, 0.717) is 12.0 Å². The lowest BCUT2D eigenvalue weighted by Crippen LogP contribution is -2.26. The molecule has 1 fully saturated rings. The molecule has 21 heavy (non-hydrogen) atoms. The number of nitrogens with one attached hydrogen (secondary N) is 2.